The van der Waals surface area contributed by atoms with Gasteiger partial charge in [-0.05, 0) is 35.8 Å². The van der Waals surface area contributed by atoms with Gasteiger partial charge in [-0.25, -0.2) is 0 Å². The maximum absolute atomic E-state index is 11.4. The summed E-state index contributed by atoms with van der Waals surface area (Å²) in [6.07, 6.45) is 6.79. The summed E-state index contributed by atoms with van der Waals surface area (Å²) in [6.45, 7) is 4.44. The van der Waals surface area contributed by atoms with Crippen LogP contribution in [0, 0.1) is 5.92 Å². The summed E-state index contributed by atoms with van der Waals surface area (Å²) < 4.78 is 12.3. The molecule has 0 saturated heterocycles. The molecule has 94 valence electrons. The quantitative estimate of drug-likeness (QED) is 0.805. The van der Waals surface area contributed by atoms with Gasteiger partial charge in [0.05, 0.1) is 15.0 Å². The lowest BCUT2D eigenvalue weighted by Gasteiger charge is -2.05. The van der Waals surface area contributed by atoms with Gasteiger partial charge in [-0.3, -0.25) is 4.21 Å². The molecule has 0 N–H and O–H groups in total. The van der Waals surface area contributed by atoms with E-state index < -0.39 is 10.8 Å². The van der Waals surface area contributed by atoms with Crippen LogP contribution in [0.15, 0.2) is 28.5 Å². The highest BCUT2D eigenvalue weighted by atomic mass is 32.2. The third kappa shape index (κ3) is 5.09. The van der Waals surface area contributed by atoms with Crippen LogP contribution < -0.4 is 0 Å². The number of benzene rings is 1. The Kier molecular flexibility index (Phi) is 6.00. The molecule has 1 nitrogen and oxygen atoms in total. The monoisotopic (exact) mass is 268 g/mol. The number of rotatable bonds is 5. The van der Waals surface area contributed by atoms with Crippen molar-refractivity contribution in [2.75, 3.05) is 12.5 Å². The van der Waals surface area contributed by atoms with Gasteiger partial charge < -0.3 is 0 Å². The third-order valence-electron chi connectivity index (χ3n) is 2.39. The normalized spacial score (nSPS) is 14.1. The minimum Gasteiger partial charge on any atom is -0.254 e. The molecular formula is C14H20OS2. The summed E-state index contributed by atoms with van der Waals surface area (Å²) in [5, 5.41) is 0. The molecule has 0 aromatic heterocycles. The van der Waals surface area contributed by atoms with Crippen molar-refractivity contribution >= 4 is 28.6 Å². The standard InChI is InChI=1S/C14H20OS2/c1-11(2)9-12-5-7-13(8-6-12)10-14(16-3)17(4)15/h5-8,10-11H,9H2,1-4H3/b14-10+. The molecule has 0 aliphatic carbocycles. The maximum atomic E-state index is 11.4. The molecule has 17 heavy (non-hydrogen) atoms. The van der Waals surface area contributed by atoms with Crippen LogP contribution in [-0.4, -0.2) is 16.7 Å². The molecule has 0 radical (unpaired) electrons. The van der Waals surface area contributed by atoms with Crippen LogP contribution in [0.4, 0.5) is 0 Å². The lowest BCUT2D eigenvalue weighted by atomic mass is 10.0. The van der Waals surface area contributed by atoms with Gasteiger partial charge in [-0.1, -0.05) is 38.1 Å². The van der Waals surface area contributed by atoms with E-state index in [2.05, 4.69) is 38.1 Å². The Balaban J connectivity index is 2.84. The van der Waals surface area contributed by atoms with E-state index in [0.29, 0.717) is 5.92 Å². The Morgan fingerprint density at radius 1 is 1.35 bits per heavy atom. The molecule has 0 aliphatic heterocycles. The Hall–Kier alpha value is -0.540. The third-order valence-corrected chi connectivity index (χ3v) is 4.80. The first-order chi connectivity index (χ1) is 8.02. The molecule has 0 saturated carbocycles. The predicted octanol–water partition coefficient (Wildman–Crippen LogP) is 3.93. The topological polar surface area (TPSA) is 17.1 Å². The second-order valence-electron chi connectivity index (χ2n) is 4.46. The predicted molar refractivity (Wildman–Crippen MR) is 80.5 cm³/mol. The summed E-state index contributed by atoms with van der Waals surface area (Å²) >= 11 is 1.55. The van der Waals surface area contributed by atoms with Crippen molar-refractivity contribution in [3.63, 3.8) is 0 Å². The van der Waals surface area contributed by atoms with E-state index in [1.54, 1.807) is 18.0 Å². The maximum Gasteiger partial charge on any atom is 0.0716 e. The summed E-state index contributed by atoms with van der Waals surface area (Å²) in [7, 11) is -0.894. The molecular weight excluding hydrogens is 248 g/mol. The summed E-state index contributed by atoms with van der Waals surface area (Å²) in [6, 6.07) is 8.51. The van der Waals surface area contributed by atoms with Gasteiger partial charge >= 0.3 is 0 Å². The molecule has 1 aromatic rings. The average molecular weight is 268 g/mol. The van der Waals surface area contributed by atoms with Gasteiger partial charge in [-0.15, -0.1) is 11.8 Å². The highest BCUT2D eigenvalue weighted by molar-refractivity contribution is 8.16. The van der Waals surface area contributed by atoms with E-state index in [9.17, 15) is 4.21 Å². The van der Waals surface area contributed by atoms with E-state index in [0.717, 1.165) is 16.2 Å². The minimum absolute atomic E-state index is 0.682. The molecule has 1 atom stereocenters. The van der Waals surface area contributed by atoms with Crippen LogP contribution in [0.3, 0.4) is 0 Å². The van der Waals surface area contributed by atoms with Crippen LogP contribution in [0.25, 0.3) is 6.08 Å². The molecule has 0 bridgehead atoms. The summed E-state index contributed by atoms with van der Waals surface area (Å²) in [5.41, 5.74) is 2.48. The highest BCUT2D eigenvalue weighted by Gasteiger charge is 2.01. The first-order valence-corrected chi connectivity index (χ1v) is 8.49. The molecule has 1 unspecified atom stereocenters. The van der Waals surface area contributed by atoms with Crippen molar-refractivity contribution in [3.05, 3.63) is 39.6 Å². The minimum atomic E-state index is -0.894. The zero-order valence-corrected chi connectivity index (χ0v) is 12.5. The SMILES string of the molecule is CS/C(=C\c1ccc(CC(C)C)cc1)S(C)=O. The van der Waals surface area contributed by atoms with E-state index in [1.165, 1.54) is 5.56 Å². The number of hydrogen-bond acceptors (Lipinski definition) is 2. The van der Waals surface area contributed by atoms with Gasteiger partial charge in [0.2, 0.25) is 0 Å². The van der Waals surface area contributed by atoms with Crippen LogP contribution in [0.1, 0.15) is 25.0 Å². The Morgan fingerprint density at radius 2 is 1.94 bits per heavy atom. The summed E-state index contributed by atoms with van der Waals surface area (Å²) in [5.74, 6) is 0.682. The Bertz CT molecular complexity index is 405. The van der Waals surface area contributed by atoms with Crippen LogP contribution in [-0.2, 0) is 17.2 Å². The second-order valence-corrected chi connectivity index (χ2v) is 6.92. The van der Waals surface area contributed by atoms with Crippen molar-refractivity contribution in [1.29, 1.82) is 0 Å². The molecule has 0 fully saturated rings. The van der Waals surface area contributed by atoms with Crippen LogP contribution in [0.2, 0.25) is 0 Å². The van der Waals surface area contributed by atoms with E-state index in [-0.39, 0.29) is 0 Å². The van der Waals surface area contributed by atoms with Gasteiger partial charge in [0, 0.05) is 6.26 Å². The van der Waals surface area contributed by atoms with Gasteiger partial charge in [0.25, 0.3) is 0 Å². The molecule has 1 rings (SSSR count). The van der Waals surface area contributed by atoms with E-state index in [4.69, 9.17) is 0 Å². The first-order valence-electron chi connectivity index (χ1n) is 5.71. The zero-order chi connectivity index (χ0) is 12.8. The van der Waals surface area contributed by atoms with Gasteiger partial charge in [0.1, 0.15) is 0 Å². The van der Waals surface area contributed by atoms with Crippen LogP contribution in [0.5, 0.6) is 0 Å². The zero-order valence-electron chi connectivity index (χ0n) is 10.9. The average Bonchev–Trinajstić information content (AvgIpc) is 2.26. The fraction of sp³-hybridized carbons (Fsp3) is 0.429. The van der Waals surface area contributed by atoms with Crippen LogP contribution >= 0.6 is 11.8 Å². The van der Waals surface area contributed by atoms with E-state index in [1.807, 2.05) is 12.3 Å². The molecule has 1 aromatic carbocycles. The molecule has 0 heterocycles. The fourth-order valence-electron chi connectivity index (χ4n) is 1.62. The molecule has 3 heteroatoms. The fourth-order valence-corrected chi connectivity index (χ4v) is 3.11. The largest absolute Gasteiger partial charge is 0.254 e. The Labute approximate surface area is 111 Å². The number of thioether (sulfide) groups is 1. The molecule has 0 amide bonds. The molecule has 0 aliphatic rings. The second kappa shape index (κ2) is 7.02. The van der Waals surface area contributed by atoms with Crippen molar-refractivity contribution in [2.24, 2.45) is 5.92 Å². The van der Waals surface area contributed by atoms with Gasteiger partial charge in [-0.2, -0.15) is 0 Å². The van der Waals surface area contributed by atoms with Crippen molar-refractivity contribution in [3.8, 4) is 0 Å². The van der Waals surface area contributed by atoms with Crippen molar-refractivity contribution < 1.29 is 4.21 Å². The van der Waals surface area contributed by atoms with Crippen molar-refractivity contribution in [1.82, 2.24) is 0 Å². The summed E-state index contributed by atoms with van der Waals surface area (Å²) in [4.78, 5) is 0. The lowest BCUT2D eigenvalue weighted by molar-refractivity contribution is 0.647. The van der Waals surface area contributed by atoms with Gasteiger partial charge in [0.15, 0.2) is 0 Å². The van der Waals surface area contributed by atoms with E-state index >= 15 is 0 Å². The Morgan fingerprint density at radius 3 is 2.35 bits per heavy atom. The first kappa shape index (κ1) is 14.5. The molecule has 0 spiro atoms. The lowest BCUT2D eigenvalue weighted by Crippen LogP contribution is -1.93. The smallest absolute Gasteiger partial charge is 0.0716 e. The van der Waals surface area contributed by atoms with Crippen molar-refractivity contribution in [2.45, 2.75) is 20.3 Å². The number of hydrogen-bond donors (Lipinski definition) is 0. The highest BCUT2D eigenvalue weighted by Crippen LogP contribution is 2.20.